The van der Waals surface area contributed by atoms with E-state index in [1.807, 2.05) is 24.3 Å². The molecule has 3 aromatic carbocycles. The average molecular weight is 583 g/mol. The van der Waals surface area contributed by atoms with Crippen LogP contribution < -0.4 is 9.47 Å². The smallest absolute Gasteiger partial charge is 0.127 e. The van der Waals surface area contributed by atoms with Crippen molar-refractivity contribution in [2.75, 3.05) is 13.2 Å². The summed E-state index contributed by atoms with van der Waals surface area (Å²) in [6.45, 7) is 5.41. The molecule has 0 atom stereocenters. The minimum atomic E-state index is 0.416. The van der Waals surface area contributed by atoms with E-state index in [2.05, 4.69) is 38.1 Å². The molecule has 6 heteroatoms. The first-order valence-electron chi connectivity index (χ1n) is 15.3. The molecule has 0 spiro atoms. The number of unbranched alkanes of at least 4 members (excludes halogenated alkanes) is 6. The molecule has 0 aliphatic carbocycles. The molecule has 0 heterocycles. The normalized spacial score (nSPS) is 10.7. The van der Waals surface area contributed by atoms with E-state index in [1.165, 1.54) is 0 Å². The van der Waals surface area contributed by atoms with Crippen LogP contribution in [0.5, 0.6) is 11.5 Å². The Balaban J connectivity index is 2.11. The van der Waals surface area contributed by atoms with Crippen molar-refractivity contribution in [3.63, 3.8) is 0 Å². The second-order valence-electron chi connectivity index (χ2n) is 10.4. The summed E-state index contributed by atoms with van der Waals surface area (Å²) < 4.78 is 12.6. The Hall–Kier alpha value is -5.30. The third kappa shape index (κ3) is 9.36. The van der Waals surface area contributed by atoms with Crippen molar-refractivity contribution in [2.24, 2.45) is 0 Å². The molecular weight excluding hydrogens is 544 g/mol. The Morgan fingerprint density at radius 3 is 1.20 bits per heavy atom. The third-order valence-corrected chi connectivity index (χ3v) is 7.21. The number of benzene rings is 3. The van der Waals surface area contributed by atoms with E-state index in [1.54, 1.807) is 48.6 Å². The van der Waals surface area contributed by atoms with Crippen LogP contribution in [0.15, 0.2) is 48.5 Å². The highest BCUT2D eigenvalue weighted by Gasteiger charge is 2.13. The van der Waals surface area contributed by atoms with E-state index in [-0.39, 0.29) is 0 Å². The molecule has 0 aliphatic rings. The van der Waals surface area contributed by atoms with Gasteiger partial charge in [0.2, 0.25) is 0 Å². The second kappa shape index (κ2) is 18.3. The van der Waals surface area contributed by atoms with Crippen LogP contribution in [0.25, 0.3) is 24.3 Å². The van der Waals surface area contributed by atoms with Gasteiger partial charge in [-0.3, -0.25) is 0 Å². The topological polar surface area (TPSA) is 114 Å². The summed E-state index contributed by atoms with van der Waals surface area (Å²) in [7, 11) is 0. The molecule has 0 saturated carbocycles. The summed E-state index contributed by atoms with van der Waals surface area (Å²) in [6, 6.07) is 22.7. The van der Waals surface area contributed by atoms with E-state index in [9.17, 15) is 21.0 Å². The zero-order valence-electron chi connectivity index (χ0n) is 25.6. The van der Waals surface area contributed by atoms with Gasteiger partial charge < -0.3 is 9.47 Å². The summed E-state index contributed by atoms with van der Waals surface area (Å²) in [4.78, 5) is 0. The number of hydrogen-bond acceptors (Lipinski definition) is 6. The lowest BCUT2D eigenvalue weighted by atomic mass is 9.99. The SMILES string of the molecule is CCCCCCOc1cc(/C=C/c2c(C#N)cccc2C#N)c(OCCCCCC)cc1/C=C/c1c(C#N)cccc1C#N. The molecule has 0 bridgehead atoms. The quantitative estimate of drug-likeness (QED) is 0.123. The maximum Gasteiger partial charge on any atom is 0.127 e. The Bertz CT molecular complexity index is 1450. The second-order valence-corrected chi connectivity index (χ2v) is 10.4. The molecule has 0 amide bonds. The first-order chi connectivity index (χ1) is 21.6. The van der Waals surface area contributed by atoms with Gasteiger partial charge in [0.05, 0.1) is 59.7 Å². The molecule has 0 saturated heterocycles. The van der Waals surface area contributed by atoms with Crippen LogP contribution in [0.1, 0.15) is 110 Å². The van der Waals surface area contributed by atoms with Gasteiger partial charge in [0.25, 0.3) is 0 Å². The van der Waals surface area contributed by atoms with Gasteiger partial charge in [-0.25, -0.2) is 0 Å². The molecule has 0 unspecified atom stereocenters. The van der Waals surface area contributed by atoms with E-state index >= 15 is 0 Å². The fraction of sp³-hybridized carbons (Fsp3) is 0.316. The van der Waals surface area contributed by atoms with Crippen molar-refractivity contribution >= 4 is 24.3 Å². The van der Waals surface area contributed by atoms with Gasteiger partial charge in [-0.05, 0) is 49.2 Å². The maximum absolute atomic E-state index is 9.66. The zero-order chi connectivity index (χ0) is 31.6. The first-order valence-corrected chi connectivity index (χ1v) is 15.3. The summed E-state index contributed by atoms with van der Waals surface area (Å²) >= 11 is 0. The fourth-order valence-corrected chi connectivity index (χ4v) is 4.75. The summed E-state index contributed by atoms with van der Waals surface area (Å²) in [5.74, 6) is 1.27. The lowest BCUT2D eigenvalue weighted by Crippen LogP contribution is -2.03. The van der Waals surface area contributed by atoms with Crippen LogP contribution in [0.4, 0.5) is 0 Å². The minimum absolute atomic E-state index is 0.416. The van der Waals surface area contributed by atoms with E-state index < -0.39 is 0 Å². The number of rotatable bonds is 16. The number of ether oxygens (including phenoxy) is 2. The predicted octanol–water partition coefficient (Wildman–Crippen LogP) is 9.43. The van der Waals surface area contributed by atoms with Crippen molar-refractivity contribution in [1.82, 2.24) is 0 Å². The highest BCUT2D eigenvalue weighted by Crippen LogP contribution is 2.33. The molecular formula is C38H38N4O2. The van der Waals surface area contributed by atoms with Crippen LogP contribution in [0.2, 0.25) is 0 Å². The first kappa shape index (κ1) is 33.2. The van der Waals surface area contributed by atoms with Crippen molar-refractivity contribution in [1.29, 1.82) is 21.0 Å². The van der Waals surface area contributed by atoms with Crippen LogP contribution in [-0.4, -0.2) is 13.2 Å². The monoisotopic (exact) mass is 582 g/mol. The maximum atomic E-state index is 9.66. The van der Waals surface area contributed by atoms with Gasteiger partial charge in [-0.1, -0.05) is 88.8 Å². The van der Waals surface area contributed by atoms with Gasteiger partial charge in [0.1, 0.15) is 11.5 Å². The molecule has 222 valence electrons. The van der Waals surface area contributed by atoms with Crippen molar-refractivity contribution in [2.45, 2.75) is 65.2 Å². The van der Waals surface area contributed by atoms with E-state index in [0.29, 0.717) is 58.1 Å². The lowest BCUT2D eigenvalue weighted by molar-refractivity contribution is 0.296. The van der Waals surface area contributed by atoms with Crippen molar-refractivity contribution in [3.05, 3.63) is 93.0 Å². The van der Waals surface area contributed by atoms with Gasteiger partial charge >= 0.3 is 0 Å². The highest BCUT2D eigenvalue weighted by atomic mass is 16.5. The third-order valence-electron chi connectivity index (χ3n) is 7.21. The molecule has 3 rings (SSSR count). The zero-order valence-corrected chi connectivity index (χ0v) is 25.6. The molecule has 0 fully saturated rings. The van der Waals surface area contributed by atoms with E-state index in [4.69, 9.17) is 9.47 Å². The summed E-state index contributed by atoms with van der Waals surface area (Å²) in [5, 5.41) is 38.6. The highest BCUT2D eigenvalue weighted by molar-refractivity contribution is 5.82. The van der Waals surface area contributed by atoms with Crippen molar-refractivity contribution in [3.8, 4) is 35.8 Å². The Labute approximate surface area is 261 Å². The van der Waals surface area contributed by atoms with Crippen LogP contribution in [0.3, 0.4) is 0 Å². The Morgan fingerprint density at radius 2 is 0.886 bits per heavy atom. The molecule has 0 aromatic heterocycles. The van der Waals surface area contributed by atoms with Gasteiger partial charge in [-0.2, -0.15) is 21.0 Å². The van der Waals surface area contributed by atoms with Crippen LogP contribution >= 0.6 is 0 Å². The summed E-state index contributed by atoms with van der Waals surface area (Å²) in [5.41, 5.74) is 4.28. The molecule has 0 N–H and O–H groups in total. The Morgan fingerprint density at radius 1 is 0.523 bits per heavy atom. The fourth-order valence-electron chi connectivity index (χ4n) is 4.75. The number of nitrogens with zero attached hydrogens (tertiary/aromatic N) is 4. The number of hydrogen-bond donors (Lipinski definition) is 0. The van der Waals surface area contributed by atoms with Gasteiger partial charge in [-0.15, -0.1) is 0 Å². The summed E-state index contributed by atoms with van der Waals surface area (Å²) in [6.07, 6.45) is 15.7. The van der Waals surface area contributed by atoms with E-state index in [0.717, 1.165) is 62.5 Å². The van der Waals surface area contributed by atoms with Crippen molar-refractivity contribution < 1.29 is 9.47 Å². The van der Waals surface area contributed by atoms with Crippen LogP contribution in [0, 0.1) is 45.3 Å². The largest absolute Gasteiger partial charge is 0.493 e. The van der Waals surface area contributed by atoms with Gasteiger partial charge in [0.15, 0.2) is 0 Å². The molecule has 44 heavy (non-hydrogen) atoms. The molecule has 0 radical (unpaired) electrons. The average Bonchev–Trinajstić information content (AvgIpc) is 3.06. The lowest BCUT2D eigenvalue weighted by Gasteiger charge is -2.16. The molecule has 3 aromatic rings. The number of nitriles is 4. The van der Waals surface area contributed by atoms with Crippen LogP contribution in [-0.2, 0) is 0 Å². The Kier molecular flexibility index (Phi) is 13.8. The predicted molar refractivity (Wildman–Crippen MR) is 175 cm³/mol. The standard InChI is InChI=1S/C38H38N4O2/c1-3-5-7-9-21-43-37-23-30(18-20-36-33(27-41)15-12-16-34(36)28-42)38(44-22-10-8-6-4-2)24-29(37)17-19-35-31(25-39)13-11-14-32(35)26-40/h11-20,23-24H,3-10,21-22H2,1-2H3/b19-17+,20-18+. The molecule has 6 nitrogen and oxygen atoms in total. The van der Waals surface area contributed by atoms with Gasteiger partial charge in [0, 0.05) is 22.3 Å². The molecule has 0 aliphatic heterocycles. The minimum Gasteiger partial charge on any atom is -0.493 e.